The molecule has 0 spiro atoms. The molecule has 0 saturated heterocycles. The lowest BCUT2D eigenvalue weighted by Crippen LogP contribution is -2.53. The zero-order valence-corrected chi connectivity index (χ0v) is 18.8. The number of aromatic nitrogens is 3. The van der Waals surface area contributed by atoms with Crippen molar-refractivity contribution >= 4 is 23.6 Å². The minimum Gasteiger partial charge on any atom is -0.464 e. The molecule has 0 unspecified atom stereocenters. The zero-order chi connectivity index (χ0) is 22.4. The number of ether oxygens (including phenoxy) is 1. The highest BCUT2D eigenvalue weighted by atomic mass is 32.2. The summed E-state index contributed by atoms with van der Waals surface area (Å²) in [7, 11) is 0. The average Bonchev–Trinajstić information content (AvgIpc) is 3.55. The summed E-state index contributed by atoms with van der Waals surface area (Å²) in [5, 5.41) is 12.1. The molecule has 1 aromatic carbocycles. The molecule has 0 aliphatic heterocycles. The Morgan fingerprint density at radius 1 is 1.16 bits per heavy atom. The molecule has 0 bridgehead atoms. The predicted molar refractivity (Wildman–Crippen MR) is 120 cm³/mol. The molecular weight excluding hydrogens is 428 g/mol. The molecule has 2 heterocycles. The van der Waals surface area contributed by atoms with Gasteiger partial charge in [0.1, 0.15) is 5.54 Å². The molecule has 1 saturated carbocycles. The van der Waals surface area contributed by atoms with Gasteiger partial charge in [0.05, 0.1) is 25.2 Å². The van der Waals surface area contributed by atoms with Gasteiger partial charge in [-0.2, -0.15) is 0 Å². The van der Waals surface area contributed by atoms with Gasteiger partial charge < -0.3 is 14.5 Å². The Morgan fingerprint density at radius 2 is 1.94 bits per heavy atom. The van der Waals surface area contributed by atoms with E-state index >= 15 is 0 Å². The number of nitrogens with one attached hydrogen (secondary N) is 1. The van der Waals surface area contributed by atoms with Crippen molar-refractivity contribution in [3.63, 3.8) is 0 Å². The van der Waals surface area contributed by atoms with Crippen LogP contribution in [0.3, 0.4) is 0 Å². The topological polar surface area (TPSA) is 99.2 Å². The lowest BCUT2D eigenvalue weighted by Gasteiger charge is -2.27. The second-order valence-electron chi connectivity index (χ2n) is 7.70. The predicted octanol–water partition coefficient (Wildman–Crippen LogP) is 3.67. The van der Waals surface area contributed by atoms with Crippen molar-refractivity contribution in [3.05, 3.63) is 54.3 Å². The molecule has 4 rings (SSSR count). The van der Waals surface area contributed by atoms with Crippen molar-refractivity contribution in [3.8, 4) is 11.6 Å². The second kappa shape index (κ2) is 10.0. The molecule has 1 aliphatic carbocycles. The van der Waals surface area contributed by atoms with Crippen LogP contribution < -0.4 is 5.32 Å². The van der Waals surface area contributed by atoms with E-state index < -0.39 is 5.54 Å². The Labute approximate surface area is 190 Å². The smallest absolute Gasteiger partial charge is 0.331 e. The Balaban J connectivity index is 1.49. The molecule has 1 aliphatic rings. The Hall–Kier alpha value is -3.07. The fraction of sp³-hybridized carbons (Fsp3) is 0.391. The quantitative estimate of drug-likeness (QED) is 0.389. The van der Waals surface area contributed by atoms with Gasteiger partial charge in [0.2, 0.25) is 11.7 Å². The first-order valence-corrected chi connectivity index (χ1v) is 11.7. The number of hydrogen-bond donors (Lipinski definition) is 1. The number of hydrogen-bond acceptors (Lipinski definition) is 7. The van der Waals surface area contributed by atoms with Crippen molar-refractivity contribution in [2.45, 2.75) is 49.8 Å². The van der Waals surface area contributed by atoms with Crippen LogP contribution in [-0.2, 0) is 20.9 Å². The summed E-state index contributed by atoms with van der Waals surface area (Å²) < 4.78 is 12.7. The van der Waals surface area contributed by atoms with Crippen molar-refractivity contribution in [2.24, 2.45) is 0 Å². The van der Waals surface area contributed by atoms with Crippen LogP contribution in [-0.4, -0.2) is 44.5 Å². The monoisotopic (exact) mass is 454 g/mol. The molecule has 1 N–H and O–H groups in total. The number of amides is 1. The van der Waals surface area contributed by atoms with E-state index in [0.29, 0.717) is 42.7 Å². The normalized spacial score (nSPS) is 14.9. The summed E-state index contributed by atoms with van der Waals surface area (Å²) in [6, 6.07) is 13.6. The summed E-state index contributed by atoms with van der Waals surface area (Å²) in [4.78, 5) is 25.3. The Morgan fingerprint density at radius 3 is 2.62 bits per heavy atom. The third kappa shape index (κ3) is 4.88. The molecule has 32 heavy (non-hydrogen) atoms. The van der Waals surface area contributed by atoms with Gasteiger partial charge in [-0.1, -0.05) is 54.9 Å². The lowest BCUT2D eigenvalue weighted by atomic mass is 9.98. The van der Waals surface area contributed by atoms with Crippen molar-refractivity contribution < 1.29 is 18.7 Å². The van der Waals surface area contributed by atoms with Crippen LogP contribution in [0.25, 0.3) is 11.6 Å². The standard InChI is InChI=1S/C23H26N4O4S/c1-2-30-21(29)23(12-6-7-13-23)24-19(28)16-32-22-26-25-20(18-11-8-14-31-18)27(22)15-17-9-4-3-5-10-17/h3-5,8-11,14H,2,6-7,12-13,15-16H2,1H3,(H,24,28). The van der Waals surface area contributed by atoms with Crippen molar-refractivity contribution in [1.29, 1.82) is 0 Å². The first-order chi connectivity index (χ1) is 15.6. The molecular formula is C23H26N4O4S. The van der Waals surface area contributed by atoms with E-state index in [0.717, 1.165) is 18.4 Å². The van der Waals surface area contributed by atoms with Gasteiger partial charge in [0.15, 0.2) is 10.9 Å². The molecule has 168 valence electrons. The van der Waals surface area contributed by atoms with Gasteiger partial charge in [-0.15, -0.1) is 10.2 Å². The average molecular weight is 455 g/mol. The van der Waals surface area contributed by atoms with Gasteiger partial charge in [-0.3, -0.25) is 9.36 Å². The molecule has 2 aromatic heterocycles. The zero-order valence-electron chi connectivity index (χ0n) is 18.0. The minimum absolute atomic E-state index is 0.117. The minimum atomic E-state index is -0.912. The van der Waals surface area contributed by atoms with Crippen molar-refractivity contribution in [1.82, 2.24) is 20.1 Å². The third-order valence-electron chi connectivity index (χ3n) is 5.48. The summed E-state index contributed by atoms with van der Waals surface area (Å²) in [5.74, 6) is 0.756. The highest BCUT2D eigenvalue weighted by molar-refractivity contribution is 7.99. The van der Waals surface area contributed by atoms with E-state index in [1.165, 1.54) is 11.8 Å². The fourth-order valence-electron chi connectivity index (χ4n) is 3.95. The van der Waals surface area contributed by atoms with Gasteiger partial charge in [-0.25, -0.2) is 4.79 Å². The largest absolute Gasteiger partial charge is 0.464 e. The van der Waals surface area contributed by atoms with Crippen LogP contribution in [0, 0.1) is 0 Å². The van der Waals surface area contributed by atoms with Crippen LogP contribution in [0.5, 0.6) is 0 Å². The highest BCUT2D eigenvalue weighted by Gasteiger charge is 2.43. The number of furan rings is 1. The summed E-state index contributed by atoms with van der Waals surface area (Å²) >= 11 is 1.28. The maximum Gasteiger partial charge on any atom is 0.331 e. The molecule has 1 fully saturated rings. The summed E-state index contributed by atoms with van der Waals surface area (Å²) in [6.07, 6.45) is 4.59. The van der Waals surface area contributed by atoms with E-state index in [4.69, 9.17) is 9.15 Å². The molecule has 9 heteroatoms. The maximum atomic E-state index is 12.8. The van der Waals surface area contributed by atoms with Gasteiger partial charge in [0.25, 0.3) is 0 Å². The maximum absolute atomic E-state index is 12.8. The number of carbonyl (C=O) groups excluding carboxylic acids is 2. The Bertz CT molecular complexity index is 1040. The number of rotatable bonds is 9. The van der Waals surface area contributed by atoms with E-state index in [1.807, 2.05) is 41.0 Å². The van der Waals surface area contributed by atoms with Gasteiger partial charge in [-0.05, 0) is 37.5 Å². The first-order valence-electron chi connectivity index (χ1n) is 10.7. The van der Waals surface area contributed by atoms with E-state index in [1.54, 1.807) is 19.3 Å². The van der Waals surface area contributed by atoms with Gasteiger partial charge >= 0.3 is 5.97 Å². The Kier molecular flexibility index (Phi) is 6.94. The molecule has 0 atom stereocenters. The van der Waals surface area contributed by atoms with Crippen LogP contribution >= 0.6 is 11.8 Å². The summed E-state index contributed by atoms with van der Waals surface area (Å²) in [5.41, 5.74) is 0.170. The molecule has 1 amide bonds. The van der Waals surface area contributed by atoms with E-state index in [9.17, 15) is 9.59 Å². The summed E-state index contributed by atoms with van der Waals surface area (Å²) in [6.45, 7) is 2.61. The third-order valence-corrected chi connectivity index (χ3v) is 6.44. The molecule has 8 nitrogen and oxygen atoms in total. The van der Waals surface area contributed by atoms with Crippen molar-refractivity contribution in [2.75, 3.05) is 12.4 Å². The molecule has 3 aromatic rings. The molecule has 0 radical (unpaired) electrons. The first kappa shape index (κ1) is 22.1. The SMILES string of the molecule is CCOC(=O)C1(NC(=O)CSc2nnc(-c3ccco3)n2Cc2ccccc2)CCCC1. The van der Waals surface area contributed by atoms with E-state index in [-0.39, 0.29) is 17.6 Å². The number of esters is 1. The number of carbonyl (C=O) groups is 2. The van der Waals surface area contributed by atoms with Crippen LogP contribution in [0.4, 0.5) is 0 Å². The van der Waals surface area contributed by atoms with Gasteiger partial charge in [0, 0.05) is 0 Å². The van der Waals surface area contributed by atoms with Crippen LogP contribution in [0.1, 0.15) is 38.2 Å². The number of thioether (sulfide) groups is 1. The fourth-order valence-corrected chi connectivity index (χ4v) is 4.69. The second-order valence-corrected chi connectivity index (χ2v) is 8.64. The van der Waals surface area contributed by atoms with Crippen LogP contribution in [0.2, 0.25) is 0 Å². The van der Waals surface area contributed by atoms with E-state index in [2.05, 4.69) is 15.5 Å². The lowest BCUT2D eigenvalue weighted by molar-refractivity contribution is -0.152. The number of nitrogens with zero attached hydrogens (tertiary/aromatic N) is 3. The van der Waals surface area contributed by atoms with Crippen LogP contribution in [0.15, 0.2) is 58.3 Å². The highest BCUT2D eigenvalue weighted by Crippen LogP contribution is 2.31. The number of benzene rings is 1.